The van der Waals surface area contributed by atoms with E-state index in [0.717, 1.165) is 10.9 Å². The highest BCUT2D eigenvalue weighted by atomic mass is 35.5. The van der Waals surface area contributed by atoms with Crippen molar-refractivity contribution in [3.05, 3.63) is 75.9 Å². The fourth-order valence-corrected chi connectivity index (χ4v) is 5.25. The number of hydrogen-bond acceptors (Lipinski definition) is 7. The molecule has 2 N–H and O–H groups in total. The monoisotopic (exact) mass is 642 g/mol. The summed E-state index contributed by atoms with van der Waals surface area (Å²) in [7, 11) is 2.96. The van der Waals surface area contributed by atoms with E-state index < -0.39 is 29.5 Å². The molecule has 0 unspecified atom stereocenters. The van der Waals surface area contributed by atoms with Crippen molar-refractivity contribution in [2.75, 3.05) is 31.3 Å². The van der Waals surface area contributed by atoms with E-state index in [1.54, 1.807) is 12.1 Å². The van der Waals surface area contributed by atoms with Crippen LogP contribution in [0, 0.1) is 22.6 Å². The molecule has 0 saturated heterocycles. The zero-order valence-corrected chi connectivity index (χ0v) is 26.0. The molecule has 2 aromatic heterocycles. The number of pyridine rings is 1. The first-order chi connectivity index (χ1) is 21.1. The van der Waals surface area contributed by atoms with Crippen LogP contribution in [0.4, 0.5) is 28.9 Å². The summed E-state index contributed by atoms with van der Waals surface area (Å²) in [6.07, 6.45) is -2.34. The molecule has 0 radical (unpaired) electrons. The van der Waals surface area contributed by atoms with Gasteiger partial charge in [0.25, 0.3) is 5.91 Å². The molecule has 1 aliphatic rings. The third kappa shape index (κ3) is 6.11. The predicted molar refractivity (Wildman–Crippen MR) is 163 cm³/mol. The Hall–Kier alpha value is -4.44. The lowest BCUT2D eigenvalue weighted by Crippen LogP contribution is -2.35. The number of carbonyl (C=O) groups excluding carboxylic acids is 1. The minimum Gasteiger partial charge on any atom is -0.383 e. The predicted octanol–water partition coefficient (Wildman–Crippen LogP) is 6.90. The van der Waals surface area contributed by atoms with Gasteiger partial charge >= 0.3 is 6.18 Å². The molecule has 2 heterocycles. The molecule has 9 nitrogen and oxygen atoms in total. The Balaban J connectivity index is 1.68. The van der Waals surface area contributed by atoms with Crippen molar-refractivity contribution >= 4 is 39.8 Å². The van der Waals surface area contributed by atoms with Crippen molar-refractivity contribution < 1.29 is 22.4 Å². The molecule has 0 spiro atoms. The molecule has 1 aliphatic carbocycles. The molecule has 0 aliphatic heterocycles. The van der Waals surface area contributed by atoms with Gasteiger partial charge in [-0.15, -0.1) is 5.10 Å². The van der Waals surface area contributed by atoms with Crippen LogP contribution in [-0.4, -0.2) is 57.6 Å². The lowest BCUT2D eigenvalue weighted by Gasteiger charge is -2.23. The summed E-state index contributed by atoms with van der Waals surface area (Å²) in [6, 6.07) is 8.32. The summed E-state index contributed by atoms with van der Waals surface area (Å²) in [5.74, 6) is -1.47. The van der Waals surface area contributed by atoms with E-state index in [-0.39, 0.29) is 45.7 Å². The molecular formula is C31H31ClF4N8O. The lowest BCUT2D eigenvalue weighted by molar-refractivity contribution is -0.182. The van der Waals surface area contributed by atoms with Crippen molar-refractivity contribution in [2.24, 2.45) is 5.41 Å². The molecule has 5 rings (SSSR count). The highest BCUT2D eigenvalue weighted by molar-refractivity contribution is 6.32. The van der Waals surface area contributed by atoms with Crippen molar-refractivity contribution in [1.82, 2.24) is 24.9 Å². The number of amides is 1. The molecular weight excluding hydrogens is 612 g/mol. The van der Waals surface area contributed by atoms with Crippen LogP contribution in [0.1, 0.15) is 66.8 Å². The zero-order chi connectivity index (χ0) is 32.9. The molecule has 14 heteroatoms. The summed E-state index contributed by atoms with van der Waals surface area (Å²) in [6.45, 7) is 6.60. The standard InChI is InChI=1S/C31H31ClF4N8O/c1-29(2,3)16-39-25-17(13-37)14-38-26-21(25)11-18(32)12-22(26)40-27(19-7-6-8-20(24(19)33)28(45)43(4)5)23-15-44(42-41-23)30(9-10-30)31(34,35)36/h6-8,11-12,14-15,27,40H,9-10,16H2,1-5H3,(H,38,39)/t27-/m0/s1. The van der Waals surface area contributed by atoms with Crippen molar-refractivity contribution in [3.8, 4) is 6.07 Å². The topological polar surface area (TPSA) is 112 Å². The van der Waals surface area contributed by atoms with Crippen LogP contribution in [0.2, 0.25) is 5.02 Å². The Bertz CT molecular complexity index is 1820. The number of rotatable bonds is 8. The van der Waals surface area contributed by atoms with E-state index in [1.807, 2.05) is 20.8 Å². The van der Waals surface area contributed by atoms with Gasteiger partial charge in [-0.3, -0.25) is 9.78 Å². The van der Waals surface area contributed by atoms with Crippen molar-refractivity contribution in [2.45, 2.75) is 51.4 Å². The first-order valence-corrected chi connectivity index (χ1v) is 14.5. The number of nitrogens with one attached hydrogen (secondary N) is 2. The number of hydrogen-bond donors (Lipinski definition) is 2. The first kappa shape index (κ1) is 32.0. The van der Waals surface area contributed by atoms with Gasteiger partial charge in [0.05, 0.1) is 34.2 Å². The van der Waals surface area contributed by atoms with Crippen molar-refractivity contribution in [1.29, 1.82) is 5.26 Å². The van der Waals surface area contributed by atoms with Gasteiger partial charge in [-0.1, -0.05) is 49.7 Å². The summed E-state index contributed by atoms with van der Waals surface area (Å²) in [5.41, 5.74) is -1.20. The molecule has 1 atom stereocenters. The van der Waals surface area contributed by atoms with E-state index >= 15 is 4.39 Å². The van der Waals surface area contributed by atoms with E-state index in [0.29, 0.717) is 28.8 Å². The number of carbonyl (C=O) groups is 1. The lowest BCUT2D eigenvalue weighted by atomic mass is 9.96. The summed E-state index contributed by atoms with van der Waals surface area (Å²) in [4.78, 5) is 18.5. The number of aromatic nitrogens is 4. The maximum absolute atomic E-state index is 16.1. The Kier molecular flexibility index (Phi) is 8.16. The second-order valence-electron chi connectivity index (χ2n) is 12.5. The van der Waals surface area contributed by atoms with Crippen LogP contribution in [-0.2, 0) is 5.54 Å². The molecule has 4 aromatic rings. The number of anilines is 2. The quantitative estimate of drug-likeness (QED) is 0.201. The fourth-order valence-electron chi connectivity index (χ4n) is 5.03. The van der Waals surface area contributed by atoms with Gasteiger partial charge in [0.2, 0.25) is 0 Å². The number of benzene rings is 2. The van der Waals surface area contributed by atoms with Crippen LogP contribution in [0.3, 0.4) is 0 Å². The molecule has 1 fully saturated rings. The largest absolute Gasteiger partial charge is 0.413 e. The highest BCUT2D eigenvalue weighted by Gasteiger charge is 2.66. The Morgan fingerprint density at radius 2 is 1.93 bits per heavy atom. The number of halogens is 5. The van der Waals surface area contributed by atoms with Crippen LogP contribution >= 0.6 is 11.6 Å². The smallest absolute Gasteiger partial charge is 0.383 e. The second-order valence-corrected chi connectivity index (χ2v) is 13.0. The summed E-state index contributed by atoms with van der Waals surface area (Å²) >= 11 is 6.55. The van der Waals surface area contributed by atoms with Crippen LogP contribution in [0.15, 0.2) is 42.7 Å². The van der Waals surface area contributed by atoms with E-state index in [9.17, 15) is 23.2 Å². The number of fused-ring (bicyclic) bond motifs is 1. The van der Waals surface area contributed by atoms with Gasteiger partial charge in [-0.25, -0.2) is 9.07 Å². The van der Waals surface area contributed by atoms with Crippen LogP contribution in [0.25, 0.3) is 10.9 Å². The molecule has 236 valence electrons. The Morgan fingerprint density at radius 1 is 1.22 bits per heavy atom. The molecule has 1 saturated carbocycles. The second kappa shape index (κ2) is 11.5. The van der Waals surface area contributed by atoms with Gasteiger partial charge in [-0.2, -0.15) is 18.4 Å². The average Bonchev–Trinajstić information content (AvgIpc) is 3.65. The normalized spacial score (nSPS) is 15.0. The SMILES string of the molecule is CN(C)C(=O)c1cccc([C@H](Nc2cc(Cl)cc3c(NCC(C)(C)C)c(C#N)cnc23)c2cn(C3(C(F)(F)F)CC3)nn2)c1F. The maximum atomic E-state index is 16.1. The molecule has 0 bridgehead atoms. The third-order valence-electron chi connectivity index (χ3n) is 7.62. The van der Waals surface area contributed by atoms with Gasteiger partial charge in [0, 0.05) is 42.8 Å². The van der Waals surface area contributed by atoms with Gasteiger partial charge in [-0.05, 0) is 36.5 Å². The van der Waals surface area contributed by atoms with Gasteiger partial charge in [0.15, 0.2) is 5.54 Å². The zero-order valence-electron chi connectivity index (χ0n) is 25.2. The highest BCUT2D eigenvalue weighted by Crippen LogP contribution is 2.55. The van der Waals surface area contributed by atoms with Crippen molar-refractivity contribution in [3.63, 3.8) is 0 Å². The fraction of sp³-hybridized carbons (Fsp3) is 0.387. The van der Waals surface area contributed by atoms with Gasteiger partial charge in [0.1, 0.15) is 23.6 Å². The maximum Gasteiger partial charge on any atom is 0.413 e. The van der Waals surface area contributed by atoms with E-state index in [1.165, 1.54) is 43.4 Å². The van der Waals surface area contributed by atoms with Crippen LogP contribution in [0.5, 0.6) is 0 Å². The molecule has 2 aromatic carbocycles. The van der Waals surface area contributed by atoms with E-state index in [2.05, 4.69) is 32.0 Å². The Labute approximate surface area is 262 Å². The first-order valence-electron chi connectivity index (χ1n) is 14.1. The number of nitrogens with zero attached hydrogens (tertiary/aromatic N) is 6. The average molecular weight is 643 g/mol. The minimum atomic E-state index is -4.56. The van der Waals surface area contributed by atoms with Gasteiger partial charge < -0.3 is 15.5 Å². The Morgan fingerprint density at radius 3 is 2.53 bits per heavy atom. The summed E-state index contributed by atoms with van der Waals surface area (Å²) in [5, 5.41) is 24.9. The third-order valence-corrected chi connectivity index (χ3v) is 7.84. The number of alkyl halides is 3. The summed E-state index contributed by atoms with van der Waals surface area (Å²) < 4.78 is 58.7. The molecule has 45 heavy (non-hydrogen) atoms. The number of nitriles is 1. The van der Waals surface area contributed by atoms with Crippen LogP contribution < -0.4 is 10.6 Å². The minimum absolute atomic E-state index is 0.0215. The molecule has 1 amide bonds. The van der Waals surface area contributed by atoms with E-state index in [4.69, 9.17) is 11.6 Å².